The Morgan fingerprint density at radius 3 is 2.48 bits per heavy atom. The highest BCUT2D eigenvalue weighted by molar-refractivity contribution is 6.09. The molecule has 8 nitrogen and oxygen atoms in total. The Balaban J connectivity index is 1.53. The van der Waals surface area contributed by atoms with Gasteiger partial charge in [-0.3, -0.25) is 19.3 Å². The van der Waals surface area contributed by atoms with Crippen molar-refractivity contribution < 1.29 is 23.9 Å². The van der Waals surface area contributed by atoms with Crippen LogP contribution in [0, 0.1) is 5.92 Å². The largest absolute Gasteiger partial charge is 0.454 e. The Labute approximate surface area is 172 Å². The summed E-state index contributed by atoms with van der Waals surface area (Å²) in [6.07, 6.45) is 8.75. The predicted molar refractivity (Wildman–Crippen MR) is 106 cm³/mol. The fourth-order valence-corrected chi connectivity index (χ4v) is 5.07. The van der Waals surface area contributed by atoms with E-state index in [0.29, 0.717) is 13.0 Å². The lowest BCUT2D eigenvalue weighted by molar-refractivity contribution is -0.155. The second-order valence-electron chi connectivity index (χ2n) is 8.57. The first-order chi connectivity index (χ1) is 13.9. The van der Waals surface area contributed by atoms with Crippen molar-refractivity contribution in [1.82, 2.24) is 15.1 Å². The number of carbonyl (C=O) groups is 4. The maximum atomic E-state index is 12.9. The van der Waals surface area contributed by atoms with Crippen LogP contribution < -0.4 is 5.32 Å². The van der Waals surface area contributed by atoms with Crippen LogP contribution in [0.15, 0.2) is 0 Å². The number of nitrogens with one attached hydrogen (secondary N) is 1. The van der Waals surface area contributed by atoms with Gasteiger partial charge in [0.1, 0.15) is 12.1 Å². The fraction of sp³-hybridized carbons (Fsp3) is 0.810. The van der Waals surface area contributed by atoms with Crippen molar-refractivity contribution in [2.75, 3.05) is 19.7 Å². The van der Waals surface area contributed by atoms with Gasteiger partial charge in [-0.15, -0.1) is 0 Å². The number of ether oxygens (including phenoxy) is 1. The van der Waals surface area contributed by atoms with Gasteiger partial charge in [0.2, 0.25) is 0 Å². The molecule has 1 aliphatic heterocycles. The van der Waals surface area contributed by atoms with E-state index in [1.165, 1.54) is 6.42 Å². The SMILES string of the molecule is CCN(C(=O)COC(=O)CN1C(=O)NC2(CCCCC2C)C1=O)C1CCCCC1. The number of urea groups is 1. The van der Waals surface area contributed by atoms with Gasteiger partial charge in [0.05, 0.1) is 0 Å². The molecule has 1 N–H and O–H groups in total. The van der Waals surface area contributed by atoms with Crippen molar-refractivity contribution >= 4 is 23.8 Å². The van der Waals surface area contributed by atoms with E-state index in [1.54, 1.807) is 4.90 Å². The van der Waals surface area contributed by atoms with Crippen molar-refractivity contribution in [3.05, 3.63) is 0 Å². The van der Waals surface area contributed by atoms with Crippen LogP contribution >= 0.6 is 0 Å². The van der Waals surface area contributed by atoms with Gasteiger partial charge < -0.3 is 15.0 Å². The molecule has 2 aliphatic carbocycles. The van der Waals surface area contributed by atoms with Gasteiger partial charge in [-0.1, -0.05) is 39.0 Å². The molecule has 2 unspecified atom stereocenters. The maximum Gasteiger partial charge on any atom is 0.326 e. The molecule has 29 heavy (non-hydrogen) atoms. The van der Waals surface area contributed by atoms with Crippen LogP contribution in [0.1, 0.15) is 71.6 Å². The summed E-state index contributed by atoms with van der Waals surface area (Å²) < 4.78 is 5.13. The van der Waals surface area contributed by atoms with Crippen LogP contribution in [0.4, 0.5) is 4.79 Å². The van der Waals surface area contributed by atoms with Crippen LogP contribution in [-0.4, -0.2) is 64.9 Å². The first-order valence-corrected chi connectivity index (χ1v) is 11.0. The highest BCUT2D eigenvalue weighted by Crippen LogP contribution is 2.38. The molecule has 0 radical (unpaired) electrons. The summed E-state index contributed by atoms with van der Waals surface area (Å²) in [4.78, 5) is 52.7. The summed E-state index contributed by atoms with van der Waals surface area (Å²) in [5.41, 5.74) is -0.897. The molecule has 2 atom stereocenters. The minimum absolute atomic E-state index is 0.0314. The Hall–Kier alpha value is -2.12. The number of imide groups is 1. The fourth-order valence-electron chi connectivity index (χ4n) is 5.07. The summed E-state index contributed by atoms with van der Waals surface area (Å²) in [6, 6.07) is -0.344. The van der Waals surface area contributed by atoms with E-state index in [4.69, 9.17) is 4.74 Å². The molecule has 1 heterocycles. The zero-order chi connectivity index (χ0) is 21.0. The van der Waals surface area contributed by atoms with Crippen molar-refractivity contribution in [3.63, 3.8) is 0 Å². The quantitative estimate of drug-likeness (QED) is 0.538. The zero-order valence-electron chi connectivity index (χ0n) is 17.6. The molecule has 4 amide bonds. The van der Waals surface area contributed by atoms with Gasteiger partial charge in [0.15, 0.2) is 6.61 Å². The number of likely N-dealkylation sites (N-methyl/N-ethyl adjacent to an activating group) is 1. The smallest absolute Gasteiger partial charge is 0.326 e. The first-order valence-electron chi connectivity index (χ1n) is 11.0. The minimum atomic E-state index is -0.897. The van der Waals surface area contributed by atoms with E-state index >= 15 is 0 Å². The minimum Gasteiger partial charge on any atom is -0.454 e. The summed E-state index contributed by atoms with van der Waals surface area (Å²) in [7, 11) is 0. The lowest BCUT2D eigenvalue weighted by atomic mass is 9.73. The monoisotopic (exact) mass is 407 g/mol. The molecule has 0 bridgehead atoms. The van der Waals surface area contributed by atoms with Crippen molar-refractivity contribution in [2.24, 2.45) is 5.92 Å². The first kappa shape index (κ1) is 21.6. The average Bonchev–Trinajstić information content (AvgIpc) is 2.95. The van der Waals surface area contributed by atoms with E-state index in [1.807, 2.05) is 13.8 Å². The van der Waals surface area contributed by atoms with Gasteiger partial charge in [0, 0.05) is 12.6 Å². The van der Waals surface area contributed by atoms with E-state index < -0.39 is 24.1 Å². The lowest BCUT2D eigenvalue weighted by Crippen LogP contribution is -2.54. The van der Waals surface area contributed by atoms with Crippen LogP contribution in [0.25, 0.3) is 0 Å². The molecule has 1 saturated heterocycles. The van der Waals surface area contributed by atoms with Crippen LogP contribution in [-0.2, 0) is 19.1 Å². The van der Waals surface area contributed by atoms with E-state index in [-0.39, 0.29) is 30.4 Å². The molecule has 2 saturated carbocycles. The lowest BCUT2D eigenvalue weighted by Gasteiger charge is -2.36. The molecule has 3 fully saturated rings. The van der Waals surface area contributed by atoms with Crippen LogP contribution in [0.5, 0.6) is 0 Å². The van der Waals surface area contributed by atoms with Crippen molar-refractivity contribution in [2.45, 2.75) is 83.2 Å². The Morgan fingerprint density at radius 2 is 1.83 bits per heavy atom. The Morgan fingerprint density at radius 1 is 1.14 bits per heavy atom. The molecular weight excluding hydrogens is 374 g/mol. The molecule has 3 rings (SSSR count). The van der Waals surface area contributed by atoms with Crippen LogP contribution in [0.2, 0.25) is 0 Å². The number of carbonyl (C=O) groups excluding carboxylic acids is 4. The standard InChI is InChI=1S/C21H33N3O5/c1-3-23(16-10-5-4-6-11-16)17(25)14-29-18(26)13-24-19(27)21(22-20(24)28)12-8-7-9-15(21)2/h15-16H,3-14H2,1-2H3,(H,22,28). The Kier molecular flexibility index (Phi) is 6.80. The number of nitrogens with zero attached hydrogens (tertiary/aromatic N) is 2. The molecule has 0 aromatic heterocycles. The van der Waals surface area contributed by atoms with Crippen LogP contribution in [0.3, 0.4) is 0 Å². The number of amides is 4. The predicted octanol–water partition coefficient (Wildman–Crippen LogP) is 2.21. The molecular formula is C21H33N3O5. The van der Waals surface area contributed by atoms with Gasteiger partial charge in [-0.2, -0.15) is 0 Å². The highest BCUT2D eigenvalue weighted by Gasteiger charge is 2.55. The second-order valence-corrected chi connectivity index (χ2v) is 8.57. The van der Waals surface area contributed by atoms with Crippen molar-refractivity contribution in [1.29, 1.82) is 0 Å². The Bertz CT molecular complexity index is 661. The number of hydrogen-bond donors (Lipinski definition) is 1. The van der Waals surface area contributed by atoms with Gasteiger partial charge >= 0.3 is 12.0 Å². The van der Waals surface area contributed by atoms with E-state index in [0.717, 1.165) is 49.8 Å². The topological polar surface area (TPSA) is 96.0 Å². The molecule has 162 valence electrons. The highest BCUT2D eigenvalue weighted by atomic mass is 16.5. The second kappa shape index (κ2) is 9.13. The third-order valence-electron chi connectivity index (χ3n) is 6.82. The number of esters is 1. The zero-order valence-corrected chi connectivity index (χ0v) is 17.6. The summed E-state index contributed by atoms with van der Waals surface area (Å²) in [5.74, 6) is -1.27. The normalized spacial score (nSPS) is 27.8. The van der Waals surface area contributed by atoms with Gasteiger partial charge in [0.25, 0.3) is 11.8 Å². The van der Waals surface area contributed by atoms with Crippen molar-refractivity contribution in [3.8, 4) is 0 Å². The third kappa shape index (κ3) is 4.41. The maximum absolute atomic E-state index is 12.9. The molecule has 8 heteroatoms. The number of rotatable bonds is 6. The van der Waals surface area contributed by atoms with E-state index in [2.05, 4.69) is 5.32 Å². The summed E-state index contributed by atoms with van der Waals surface area (Å²) in [6.45, 7) is 3.65. The van der Waals surface area contributed by atoms with Gasteiger partial charge in [-0.25, -0.2) is 4.79 Å². The average molecular weight is 408 g/mol. The van der Waals surface area contributed by atoms with Gasteiger partial charge in [-0.05, 0) is 38.5 Å². The summed E-state index contributed by atoms with van der Waals surface area (Å²) >= 11 is 0. The number of hydrogen-bond acceptors (Lipinski definition) is 5. The van der Waals surface area contributed by atoms with E-state index in [9.17, 15) is 19.2 Å². The summed E-state index contributed by atoms with van der Waals surface area (Å²) in [5, 5.41) is 2.81. The molecule has 3 aliphatic rings. The molecule has 0 aromatic rings. The third-order valence-corrected chi connectivity index (χ3v) is 6.82. The molecule has 0 aromatic carbocycles. The molecule has 1 spiro atoms.